The minimum atomic E-state index is -0.879. The maximum Gasteiger partial charge on any atom is 0.253 e. The van der Waals surface area contributed by atoms with Crippen molar-refractivity contribution in [1.29, 1.82) is 5.26 Å². The Morgan fingerprint density at radius 1 is 1.64 bits per heavy atom. The fourth-order valence-corrected chi connectivity index (χ4v) is 0.746. The predicted octanol–water partition coefficient (Wildman–Crippen LogP) is 0.101. The van der Waals surface area contributed by atoms with Crippen molar-refractivity contribution in [3.05, 3.63) is 0 Å². The molecular formula is C7H13N3O. The molecule has 0 aliphatic heterocycles. The van der Waals surface area contributed by atoms with Crippen molar-refractivity contribution in [3.8, 4) is 6.19 Å². The second kappa shape index (κ2) is 3.94. The highest BCUT2D eigenvalue weighted by Gasteiger charge is 2.29. The number of carbonyl (C=O) groups is 1. The molecule has 0 fully saturated rings. The van der Waals surface area contributed by atoms with Gasteiger partial charge in [0.2, 0.25) is 0 Å². The molecule has 3 N–H and O–H groups in total. The number of nitrogens with one attached hydrogen (secondary N) is 1. The zero-order valence-corrected chi connectivity index (χ0v) is 6.85. The second-order valence-corrected chi connectivity index (χ2v) is 2.43. The normalized spacial score (nSPS) is 10.4. The summed E-state index contributed by atoms with van der Waals surface area (Å²) in [5.74, 6) is -0.398. The number of nitrogens with two attached hydrogens (primary N) is 1. The minimum Gasteiger partial charge on any atom is -0.317 e. The van der Waals surface area contributed by atoms with Crippen molar-refractivity contribution < 1.29 is 4.79 Å². The molecule has 0 unspecified atom stereocenters. The summed E-state index contributed by atoms with van der Waals surface area (Å²) in [5.41, 5.74) is 4.78. The Kier molecular flexibility index (Phi) is 3.55. The molecule has 0 aliphatic carbocycles. The van der Waals surface area contributed by atoms with E-state index < -0.39 is 11.4 Å². The van der Waals surface area contributed by atoms with Gasteiger partial charge in [-0.15, -0.1) is 0 Å². The summed E-state index contributed by atoms with van der Waals surface area (Å²) in [6.07, 6.45) is 2.64. The molecule has 0 rings (SSSR count). The van der Waals surface area contributed by atoms with Crippen LogP contribution in [0, 0.1) is 11.5 Å². The van der Waals surface area contributed by atoms with Crippen LogP contribution < -0.4 is 11.1 Å². The molecule has 0 radical (unpaired) electrons. The summed E-state index contributed by atoms with van der Waals surface area (Å²) in [7, 11) is 0. The average molecular weight is 155 g/mol. The number of carbonyl (C=O) groups excluding carboxylic acids is 1. The van der Waals surface area contributed by atoms with Crippen LogP contribution in [-0.2, 0) is 4.79 Å². The molecule has 62 valence electrons. The van der Waals surface area contributed by atoms with Gasteiger partial charge in [0.05, 0.1) is 5.54 Å². The van der Waals surface area contributed by atoms with Crippen LogP contribution in [0.15, 0.2) is 0 Å². The molecule has 0 aromatic rings. The second-order valence-electron chi connectivity index (χ2n) is 2.43. The van der Waals surface area contributed by atoms with E-state index in [4.69, 9.17) is 11.0 Å². The Morgan fingerprint density at radius 3 is 2.36 bits per heavy atom. The van der Waals surface area contributed by atoms with Gasteiger partial charge in [0, 0.05) is 0 Å². The van der Waals surface area contributed by atoms with Gasteiger partial charge in [-0.05, 0) is 12.8 Å². The number of hydrogen-bond acceptors (Lipinski definition) is 3. The van der Waals surface area contributed by atoms with Crippen LogP contribution in [0.4, 0.5) is 0 Å². The molecule has 0 atom stereocenters. The Morgan fingerprint density at radius 2 is 2.09 bits per heavy atom. The molecule has 4 nitrogen and oxygen atoms in total. The maximum absolute atomic E-state index is 11.1. The van der Waals surface area contributed by atoms with E-state index in [0.29, 0.717) is 12.8 Å². The summed E-state index contributed by atoms with van der Waals surface area (Å²) in [6.45, 7) is 3.64. The first kappa shape index (κ1) is 9.92. The van der Waals surface area contributed by atoms with E-state index in [9.17, 15) is 4.79 Å². The zero-order chi connectivity index (χ0) is 8.91. The third kappa shape index (κ3) is 2.20. The Bertz CT molecular complexity index is 179. The molecule has 0 aliphatic rings. The van der Waals surface area contributed by atoms with Crippen LogP contribution in [0.3, 0.4) is 0 Å². The van der Waals surface area contributed by atoms with Gasteiger partial charge in [-0.2, -0.15) is 5.26 Å². The molecule has 4 heteroatoms. The van der Waals surface area contributed by atoms with Crippen molar-refractivity contribution >= 4 is 5.91 Å². The van der Waals surface area contributed by atoms with Gasteiger partial charge in [0.15, 0.2) is 6.19 Å². The highest BCUT2D eigenvalue weighted by atomic mass is 16.2. The first-order valence-corrected chi connectivity index (χ1v) is 3.59. The zero-order valence-electron chi connectivity index (χ0n) is 6.85. The van der Waals surface area contributed by atoms with Crippen LogP contribution in [0.1, 0.15) is 26.7 Å². The number of hydrogen-bond donors (Lipinski definition) is 2. The number of nitriles is 1. The van der Waals surface area contributed by atoms with E-state index in [2.05, 4.69) is 0 Å². The van der Waals surface area contributed by atoms with E-state index in [1.165, 1.54) is 0 Å². The molecule has 1 amide bonds. The quantitative estimate of drug-likeness (QED) is 0.448. The van der Waals surface area contributed by atoms with Crippen LogP contribution in [0.5, 0.6) is 0 Å². The van der Waals surface area contributed by atoms with Gasteiger partial charge in [0.1, 0.15) is 0 Å². The lowest BCUT2D eigenvalue weighted by Crippen LogP contribution is -2.51. The first-order valence-electron chi connectivity index (χ1n) is 3.59. The van der Waals surface area contributed by atoms with E-state index >= 15 is 0 Å². The van der Waals surface area contributed by atoms with E-state index in [1.54, 1.807) is 6.19 Å². The topological polar surface area (TPSA) is 78.9 Å². The first-order chi connectivity index (χ1) is 5.10. The number of rotatable bonds is 3. The average Bonchev–Trinajstić information content (AvgIpc) is 2.03. The molecule has 0 saturated carbocycles. The minimum absolute atomic E-state index is 0.398. The van der Waals surface area contributed by atoms with Crippen molar-refractivity contribution in [2.75, 3.05) is 0 Å². The lowest BCUT2D eigenvalue weighted by atomic mass is 9.93. The number of nitrogens with zero attached hydrogens (tertiary/aromatic N) is 1. The van der Waals surface area contributed by atoms with Gasteiger partial charge in [0.25, 0.3) is 5.91 Å². The van der Waals surface area contributed by atoms with Gasteiger partial charge in [-0.25, -0.2) is 0 Å². The standard InChI is InChI=1S/C7H13N3O/c1-3-7(9,4-2)6(11)10-5-8/h3-4,9H2,1-2H3,(H,10,11). The maximum atomic E-state index is 11.1. The van der Waals surface area contributed by atoms with Crippen LogP contribution in [-0.4, -0.2) is 11.4 Å². The molecule has 0 spiro atoms. The molecule has 11 heavy (non-hydrogen) atoms. The molecule has 0 saturated heterocycles. The third-order valence-electron chi connectivity index (χ3n) is 1.88. The lowest BCUT2D eigenvalue weighted by molar-refractivity contribution is -0.125. The molecule has 0 heterocycles. The van der Waals surface area contributed by atoms with Crippen LogP contribution >= 0.6 is 0 Å². The summed E-state index contributed by atoms with van der Waals surface area (Å²) < 4.78 is 0. The fraction of sp³-hybridized carbons (Fsp3) is 0.714. The number of amides is 1. The molecule has 0 aromatic heterocycles. The van der Waals surface area contributed by atoms with Gasteiger partial charge >= 0.3 is 0 Å². The van der Waals surface area contributed by atoms with Gasteiger partial charge in [-0.3, -0.25) is 10.1 Å². The third-order valence-corrected chi connectivity index (χ3v) is 1.88. The van der Waals surface area contributed by atoms with E-state index in [1.807, 2.05) is 19.2 Å². The van der Waals surface area contributed by atoms with E-state index in [0.717, 1.165) is 0 Å². The predicted molar refractivity (Wildman–Crippen MR) is 41.3 cm³/mol. The van der Waals surface area contributed by atoms with Crippen molar-refractivity contribution in [2.45, 2.75) is 32.2 Å². The lowest BCUT2D eigenvalue weighted by Gasteiger charge is -2.22. The van der Waals surface area contributed by atoms with E-state index in [-0.39, 0.29) is 0 Å². The van der Waals surface area contributed by atoms with Crippen molar-refractivity contribution in [1.82, 2.24) is 5.32 Å². The summed E-state index contributed by atoms with van der Waals surface area (Å²) >= 11 is 0. The molecular weight excluding hydrogens is 142 g/mol. The van der Waals surface area contributed by atoms with Crippen LogP contribution in [0.2, 0.25) is 0 Å². The Labute approximate surface area is 66.4 Å². The highest BCUT2D eigenvalue weighted by Crippen LogP contribution is 2.10. The fourth-order valence-electron chi connectivity index (χ4n) is 0.746. The molecule has 0 aromatic carbocycles. The monoisotopic (exact) mass is 155 g/mol. The summed E-state index contributed by atoms with van der Waals surface area (Å²) in [6, 6.07) is 0. The SMILES string of the molecule is CCC(N)(CC)C(=O)NC#N. The van der Waals surface area contributed by atoms with Gasteiger partial charge < -0.3 is 5.73 Å². The Hall–Kier alpha value is -1.08. The summed E-state index contributed by atoms with van der Waals surface area (Å²) in [5, 5.41) is 10.2. The summed E-state index contributed by atoms with van der Waals surface area (Å²) in [4.78, 5) is 11.1. The van der Waals surface area contributed by atoms with Crippen molar-refractivity contribution in [3.63, 3.8) is 0 Å². The smallest absolute Gasteiger partial charge is 0.253 e. The Balaban J connectivity index is 4.27. The largest absolute Gasteiger partial charge is 0.317 e. The van der Waals surface area contributed by atoms with Gasteiger partial charge in [-0.1, -0.05) is 13.8 Å². The van der Waals surface area contributed by atoms with Crippen molar-refractivity contribution in [2.24, 2.45) is 5.73 Å². The molecule has 0 bridgehead atoms. The van der Waals surface area contributed by atoms with Crippen LogP contribution in [0.25, 0.3) is 0 Å². The highest BCUT2D eigenvalue weighted by molar-refractivity contribution is 5.87.